The highest BCUT2D eigenvalue weighted by Crippen LogP contribution is 2.30. The van der Waals surface area contributed by atoms with Crippen LogP contribution < -0.4 is 16.8 Å². The molecule has 1 saturated heterocycles. The fourth-order valence-electron chi connectivity index (χ4n) is 3.71. The Kier molecular flexibility index (Phi) is 9.26. The largest absolute Gasteiger partial charge is 0.416 e. The smallest absolute Gasteiger partial charge is 0.404 e. The third-order valence-corrected chi connectivity index (χ3v) is 5.60. The summed E-state index contributed by atoms with van der Waals surface area (Å²) in [6.07, 6.45) is -3.18. The van der Waals surface area contributed by atoms with Crippen LogP contribution in [0.25, 0.3) is 0 Å². The number of amidine groups is 1. The van der Waals surface area contributed by atoms with Crippen LogP contribution in [0.3, 0.4) is 0 Å². The van der Waals surface area contributed by atoms with E-state index in [2.05, 4.69) is 10.3 Å². The number of para-hydroxylation sites is 2. The maximum atomic E-state index is 13.0. The minimum Gasteiger partial charge on any atom is -0.404 e. The molecule has 0 aliphatic carbocycles. The predicted molar refractivity (Wildman–Crippen MR) is 141 cm³/mol. The molecule has 0 aromatic heterocycles. The first-order valence-corrected chi connectivity index (χ1v) is 11.8. The van der Waals surface area contributed by atoms with Crippen molar-refractivity contribution in [2.24, 2.45) is 10.7 Å². The van der Waals surface area contributed by atoms with Gasteiger partial charge in [0.15, 0.2) is 0 Å². The van der Waals surface area contributed by atoms with Crippen LogP contribution >= 0.6 is 0 Å². The van der Waals surface area contributed by atoms with Gasteiger partial charge in [-0.1, -0.05) is 42.5 Å². The van der Waals surface area contributed by atoms with Crippen LogP contribution in [0.5, 0.6) is 0 Å². The zero-order chi connectivity index (χ0) is 27.7. The Morgan fingerprint density at radius 3 is 2.21 bits per heavy atom. The summed E-state index contributed by atoms with van der Waals surface area (Å²) in [4.78, 5) is 31.5. The third-order valence-electron chi connectivity index (χ3n) is 5.60. The molecule has 3 aromatic carbocycles. The van der Waals surface area contributed by atoms with Crippen LogP contribution in [0.2, 0.25) is 0 Å². The molecule has 7 nitrogen and oxygen atoms in total. The van der Waals surface area contributed by atoms with Crippen molar-refractivity contribution < 1.29 is 22.8 Å². The van der Waals surface area contributed by atoms with Crippen molar-refractivity contribution in [3.8, 4) is 0 Å². The van der Waals surface area contributed by atoms with Gasteiger partial charge in [0.1, 0.15) is 11.9 Å². The highest BCUT2D eigenvalue weighted by atomic mass is 19.4. The number of amides is 2. The zero-order valence-electron chi connectivity index (χ0n) is 20.7. The Morgan fingerprint density at radius 1 is 1.05 bits per heavy atom. The maximum absolute atomic E-state index is 13.0. The number of piperidine rings is 1. The van der Waals surface area contributed by atoms with Gasteiger partial charge in [-0.05, 0) is 49.4 Å². The van der Waals surface area contributed by atoms with Crippen molar-refractivity contribution in [1.29, 1.82) is 0 Å². The number of alkyl halides is 3. The van der Waals surface area contributed by atoms with Gasteiger partial charge in [0.2, 0.25) is 0 Å². The number of carbonyl (C=O) groups excluding carboxylic acids is 2. The van der Waals surface area contributed by atoms with E-state index in [0.717, 1.165) is 23.9 Å². The fraction of sp³-hybridized carbons (Fsp3) is 0.179. The van der Waals surface area contributed by atoms with Gasteiger partial charge in [-0.2, -0.15) is 13.2 Å². The SMILES string of the molecule is CCN1C(=O)C(NC(=O)c2cccc(C(F)(F)F)c2)C/C(=C/N)C1=Nc1ccccc1.Nc1ccccc1. The van der Waals surface area contributed by atoms with Crippen LogP contribution in [0.15, 0.2) is 102 Å². The number of carbonyl (C=O) groups is 2. The molecule has 4 rings (SSSR count). The van der Waals surface area contributed by atoms with E-state index in [4.69, 9.17) is 11.5 Å². The lowest BCUT2D eigenvalue weighted by molar-refractivity contribution is -0.137. The van der Waals surface area contributed by atoms with Gasteiger partial charge < -0.3 is 16.8 Å². The summed E-state index contributed by atoms with van der Waals surface area (Å²) in [6, 6.07) is 21.6. The molecule has 198 valence electrons. The van der Waals surface area contributed by atoms with Crippen LogP contribution in [-0.2, 0) is 11.0 Å². The lowest BCUT2D eigenvalue weighted by atomic mass is 9.97. The summed E-state index contributed by atoms with van der Waals surface area (Å²) in [5.41, 5.74) is 12.0. The molecule has 10 heteroatoms. The van der Waals surface area contributed by atoms with Gasteiger partial charge in [-0.3, -0.25) is 14.5 Å². The molecule has 5 N–H and O–H groups in total. The molecule has 3 aromatic rings. The minimum absolute atomic E-state index is 0.0716. The summed E-state index contributed by atoms with van der Waals surface area (Å²) in [5, 5.41) is 2.53. The van der Waals surface area contributed by atoms with Crippen LogP contribution in [0, 0.1) is 0 Å². The number of anilines is 1. The number of likely N-dealkylation sites (tertiary alicyclic amines) is 1. The van der Waals surface area contributed by atoms with Crippen molar-refractivity contribution in [2.75, 3.05) is 12.3 Å². The normalized spacial score (nSPS) is 17.6. The fourth-order valence-corrected chi connectivity index (χ4v) is 3.71. The van der Waals surface area contributed by atoms with E-state index in [0.29, 0.717) is 17.1 Å². The van der Waals surface area contributed by atoms with Crippen molar-refractivity contribution in [3.63, 3.8) is 0 Å². The minimum atomic E-state index is -4.58. The first kappa shape index (κ1) is 28.0. The molecule has 1 unspecified atom stereocenters. The van der Waals surface area contributed by atoms with Crippen LogP contribution in [0.1, 0.15) is 29.3 Å². The number of halogens is 3. The quantitative estimate of drug-likeness (QED) is 0.422. The van der Waals surface area contributed by atoms with E-state index in [-0.39, 0.29) is 18.5 Å². The maximum Gasteiger partial charge on any atom is 0.416 e. The number of aliphatic imine (C=N–C) groups is 1. The first-order valence-electron chi connectivity index (χ1n) is 11.8. The van der Waals surface area contributed by atoms with Gasteiger partial charge in [-0.15, -0.1) is 0 Å². The number of nitrogens with one attached hydrogen (secondary N) is 1. The second-order valence-electron chi connectivity index (χ2n) is 8.26. The standard InChI is InChI=1S/C22H21F3N4O2.C6H7N/c1-2-29-19(27-17-9-4-3-5-10-17)15(13-26)12-18(21(29)31)28-20(30)14-7-6-8-16(11-14)22(23,24)25;7-6-4-2-1-3-5-6/h3-11,13,18H,2,12,26H2,1H3,(H,28,30);1-5H,7H2/b15-13-,27-19?;. The van der Waals surface area contributed by atoms with E-state index in [9.17, 15) is 22.8 Å². The lowest BCUT2D eigenvalue weighted by Crippen LogP contribution is -2.55. The number of nitrogen functional groups attached to an aromatic ring is 1. The van der Waals surface area contributed by atoms with Gasteiger partial charge in [0.05, 0.1) is 11.3 Å². The predicted octanol–water partition coefficient (Wildman–Crippen LogP) is 4.90. The topological polar surface area (TPSA) is 114 Å². The second kappa shape index (κ2) is 12.6. The van der Waals surface area contributed by atoms with Crippen molar-refractivity contribution >= 4 is 29.0 Å². The molecule has 0 spiro atoms. The highest BCUT2D eigenvalue weighted by molar-refractivity contribution is 6.13. The van der Waals surface area contributed by atoms with Crippen molar-refractivity contribution in [1.82, 2.24) is 10.2 Å². The van der Waals surface area contributed by atoms with Gasteiger partial charge in [0, 0.05) is 36.0 Å². The van der Waals surface area contributed by atoms with E-state index < -0.39 is 29.6 Å². The zero-order valence-corrected chi connectivity index (χ0v) is 20.7. The molecule has 0 saturated carbocycles. The molecule has 38 heavy (non-hydrogen) atoms. The summed E-state index contributed by atoms with van der Waals surface area (Å²) in [7, 11) is 0. The van der Waals surface area contributed by atoms with Gasteiger partial charge in [-0.25, -0.2) is 4.99 Å². The number of benzene rings is 3. The summed E-state index contributed by atoms with van der Waals surface area (Å²) in [5.74, 6) is -0.811. The second-order valence-corrected chi connectivity index (χ2v) is 8.26. The van der Waals surface area contributed by atoms with Crippen molar-refractivity contribution in [2.45, 2.75) is 25.6 Å². The molecule has 1 fully saturated rings. The summed E-state index contributed by atoms with van der Waals surface area (Å²) >= 11 is 0. The van der Waals surface area contributed by atoms with Gasteiger partial charge >= 0.3 is 6.18 Å². The Labute approximate surface area is 218 Å². The number of hydrogen-bond acceptors (Lipinski definition) is 5. The number of hydrogen-bond donors (Lipinski definition) is 3. The van der Waals surface area contributed by atoms with E-state index in [1.54, 1.807) is 19.1 Å². The molecule has 1 atom stereocenters. The summed E-state index contributed by atoms with van der Waals surface area (Å²) < 4.78 is 38.8. The Balaban J connectivity index is 0.000000494. The molecular formula is C28H28F3N5O2. The Hall–Kier alpha value is -4.60. The molecule has 1 heterocycles. The van der Waals surface area contributed by atoms with Crippen LogP contribution in [-0.4, -0.2) is 35.1 Å². The number of nitrogens with two attached hydrogens (primary N) is 2. The first-order chi connectivity index (χ1) is 18.1. The van der Waals surface area contributed by atoms with E-state index >= 15 is 0 Å². The molecular weight excluding hydrogens is 495 g/mol. The molecule has 1 aliphatic heterocycles. The van der Waals surface area contributed by atoms with Crippen LogP contribution in [0.4, 0.5) is 24.5 Å². The lowest BCUT2D eigenvalue weighted by Gasteiger charge is -2.34. The number of rotatable bonds is 4. The van der Waals surface area contributed by atoms with Crippen molar-refractivity contribution in [3.05, 3.63) is 108 Å². The van der Waals surface area contributed by atoms with E-state index in [1.165, 1.54) is 17.2 Å². The number of likely N-dealkylation sites (N-methyl/N-ethyl adjacent to an activating group) is 1. The average Bonchev–Trinajstić information content (AvgIpc) is 2.91. The Bertz CT molecular complexity index is 1310. The summed E-state index contributed by atoms with van der Waals surface area (Å²) in [6.45, 7) is 2.03. The van der Waals surface area contributed by atoms with Gasteiger partial charge in [0.25, 0.3) is 11.8 Å². The third kappa shape index (κ3) is 7.22. The number of nitrogens with zero attached hydrogens (tertiary/aromatic N) is 2. The molecule has 0 bridgehead atoms. The average molecular weight is 524 g/mol. The Morgan fingerprint density at radius 2 is 1.68 bits per heavy atom. The monoisotopic (exact) mass is 523 g/mol. The van der Waals surface area contributed by atoms with E-state index in [1.807, 2.05) is 48.5 Å². The highest BCUT2D eigenvalue weighted by Gasteiger charge is 2.37. The molecule has 1 aliphatic rings. The molecule has 0 radical (unpaired) electrons. The molecule has 2 amide bonds.